The molecule has 20 heavy (non-hydrogen) atoms. The Bertz CT molecular complexity index is 612. The second-order valence-corrected chi connectivity index (χ2v) is 5.71. The summed E-state index contributed by atoms with van der Waals surface area (Å²) in [7, 11) is 0. The maximum Gasteiger partial charge on any atom is 0.253 e. The van der Waals surface area contributed by atoms with Crippen LogP contribution < -0.4 is 0 Å². The molecule has 0 atom stereocenters. The van der Waals surface area contributed by atoms with Crippen molar-refractivity contribution in [1.29, 1.82) is 0 Å². The topological polar surface area (TPSA) is 20.3 Å². The highest BCUT2D eigenvalue weighted by atomic mass is 16.2. The van der Waals surface area contributed by atoms with E-state index < -0.39 is 0 Å². The Labute approximate surface area is 120 Å². The molecule has 0 unspecified atom stereocenters. The third kappa shape index (κ3) is 2.55. The Morgan fingerprint density at radius 1 is 1.10 bits per heavy atom. The van der Waals surface area contributed by atoms with Crippen LogP contribution in [0.4, 0.5) is 0 Å². The van der Waals surface area contributed by atoms with E-state index in [9.17, 15) is 4.79 Å². The minimum Gasteiger partial charge on any atom is -0.339 e. The van der Waals surface area contributed by atoms with E-state index in [1.165, 1.54) is 11.8 Å². The summed E-state index contributed by atoms with van der Waals surface area (Å²) in [5.41, 5.74) is 0.818. The van der Waals surface area contributed by atoms with Crippen LogP contribution in [-0.2, 0) is 0 Å². The van der Waals surface area contributed by atoms with Crippen molar-refractivity contribution < 1.29 is 4.79 Å². The summed E-state index contributed by atoms with van der Waals surface area (Å²) >= 11 is 0. The normalized spacial score (nSPS) is 16.6. The van der Waals surface area contributed by atoms with Gasteiger partial charge >= 0.3 is 0 Å². The van der Waals surface area contributed by atoms with Gasteiger partial charge in [-0.25, -0.2) is 0 Å². The van der Waals surface area contributed by atoms with Gasteiger partial charge in [0.05, 0.1) is 0 Å². The Morgan fingerprint density at radius 3 is 2.50 bits per heavy atom. The number of rotatable bonds is 2. The van der Waals surface area contributed by atoms with Gasteiger partial charge in [0.1, 0.15) is 0 Å². The van der Waals surface area contributed by atoms with Crippen LogP contribution in [0.3, 0.4) is 0 Å². The first kappa shape index (κ1) is 13.2. The van der Waals surface area contributed by atoms with Crippen molar-refractivity contribution in [3.05, 3.63) is 48.0 Å². The highest BCUT2D eigenvalue weighted by Gasteiger charge is 2.22. The van der Waals surface area contributed by atoms with Crippen molar-refractivity contribution in [3.8, 4) is 0 Å². The van der Waals surface area contributed by atoms with Crippen molar-refractivity contribution in [2.45, 2.75) is 26.2 Å². The van der Waals surface area contributed by atoms with Crippen LogP contribution in [0.25, 0.3) is 10.8 Å². The number of carbonyl (C=O) groups excluding carboxylic acids is 1. The standard InChI is InChI=1S/C18H21NO/c1-2-14-9-11-19(12-10-14)18(20)17-8-7-15-5-3-4-6-16(15)13-17/h3-8,13-14H,2,9-12H2,1H3. The first-order valence-corrected chi connectivity index (χ1v) is 7.56. The molecule has 1 fully saturated rings. The summed E-state index contributed by atoms with van der Waals surface area (Å²) in [4.78, 5) is 14.6. The summed E-state index contributed by atoms with van der Waals surface area (Å²) in [5.74, 6) is 0.987. The molecule has 1 aliphatic heterocycles. The minimum atomic E-state index is 0.185. The number of piperidine rings is 1. The van der Waals surface area contributed by atoms with E-state index in [1.54, 1.807) is 0 Å². The molecule has 0 radical (unpaired) electrons. The van der Waals surface area contributed by atoms with Crippen LogP contribution >= 0.6 is 0 Å². The van der Waals surface area contributed by atoms with E-state index in [1.807, 2.05) is 35.2 Å². The molecule has 1 saturated heterocycles. The fourth-order valence-corrected chi connectivity index (χ4v) is 3.05. The first-order valence-electron chi connectivity index (χ1n) is 7.56. The summed E-state index contributed by atoms with van der Waals surface area (Å²) in [6, 6.07) is 14.2. The van der Waals surface area contributed by atoms with Crippen LogP contribution in [0.15, 0.2) is 42.5 Å². The molecule has 0 aliphatic carbocycles. The molecule has 0 spiro atoms. The van der Waals surface area contributed by atoms with Gasteiger partial charge < -0.3 is 4.90 Å². The third-order valence-corrected chi connectivity index (χ3v) is 4.48. The van der Waals surface area contributed by atoms with E-state index in [0.29, 0.717) is 0 Å². The Kier molecular flexibility index (Phi) is 3.72. The molecule has 2 aromatic carbocycles. The van der Waals surface area contributed by atoms with E-state index in [2.05, 4.69) is 19.1 Å². The highest BCUT2D eigenvalue weighted by Crippen LogP contribution is 2.22. The van der Waals surface area contributed by atoms with E-state index in [4.69, 9.17) is 0 Å². The molecule has 0 aromatic heterocycles. The lowest BCUT2D eigenvalue weighted by molar-refractivity contribution is 0.0689. The molecule has 1 amide bonds. The molecule has 2 aromatic rings. The molecular weight excluding hydrogens is 246 g/mol. The fourth-order valence-electron chi connectivity index (χ4n) is 3.05. The second kappa shape index (κ2) is 5.66. The number of carbonyl (C=O) groups is 1. The molecule has 0 saturated carbocycles. The maximum absolute atomic E-state index is 12.6. The average Bonchev–Trinajstić information content (AvgIpc) is 2.54. The summed E-state index contributed by atoms with van der Waals surface area (Å²) in [5, 5.41) is 2.33. The van der Waals surface area contributed by atoms with E-state index in [-0.39, 0.29) is 5.91 Å². The molecule has 104 valence electrons. The molecule has 1 heterocycles. The lowest BCUT2D eigenvalue weighted by Crippen LogP contribution is -2.38. The zero-order valence-electron chi connectivity index (χ0n) is 12.0. The van der Waals surface area contributed by atoms with Gasteiger partial charge in [0.25, 0.3) is 5.91 Å². The zero-order valence-corrected chi connectivity index (χ0v) is 12.0. The first-order chi connectivity index (χ1) is 9.78. The minimum absolute atomic E-state index is 0.185. The number of fused-ring (bicyclic) bond motifs is 1. The van der Waals surface area contributed by atoms with Crippen molar-refractivity contribution in [2.75, 3.05) is 13.1 Å². The van der Waals surface area contributed by atoms with Crippen molar-refractivity contribution >= 4 is 16.7 Å². The number of amides is 1. The van der Waals surface area contributed by atoms with Gasteiger partial charge in [0, 0.05) is 18.7 Å². The highest BCUT2D eigenvalue weighted by molar-refractivity contribution is 5.98. The second-order valence-electron chi connectivity index (χ2n) is 5.71. The predicted octanol–water partition coefficient (Wildman–Crippen LogP) is 4.10. The number of nitrogens with zero attached hydrogens (tertiary/aromatic N) is 1. The van der Waals surface area contributed by atoms with Crippen LogP contribution in [0.1, 0.15) is 36.5 Å². The van der Waals surface area contributed by atoms with E-state index in [0.717, 1.165) is 42.8 Å². The van der Waals surface area contributed by atoms with Gasteiger partial charge in [-0.15, -0.1) is 0 Å². The molecule has 0 bridgehead atoms. The van der Waals surface area contributed by atoms with E-state index >= 15 is 0 Å². The van der Waals surface area contributed by atoms with Crippen LogP contribution in [-0.4, -0.2) is 23.9 Å². The molecule has 2 heteroatoms. The Hall–Kier alpha value is -1.83. The van der Waals surface area contributed by atoms with Gasteiger partial charge in [0.2, 0.25) is 0 Å². The monoisotopic (exact) mass is 267 g/mol. The number of likely N-dealkylation sites (tertiary alicyclic amines) is 1. The Balaban J connectivity index is 1.79. The molecule has 2 nitrogen and oxygen atoms in total. The average molecular weight is 267 g/mol. The lowest BCUT2D eigenvalue weighted by atomic mass is 9.94. The van der Waals surface area contributed by atoms with Gasteiger partial charge in [-0.2, -0.15) is 0 Å². The fraction of sp³-hybridized carbons (Fsp3) is 0.389. The smallest absolute Gasteiger partial charge is 0.253 e. The molecule has 0 N–H and O–H groups in total. The number of benzene rings is 2. The SMILES string of the molecule is CCC1CCN(C(=O)c2ccc3ccccc3c2)CC1. The Morgan fingerprint density at radius 2 is 1.80 bits per heavy atom. The summed E-state index contributed by atoms with van der Waals surface area (Å²) in [6.07, 6.45) is 3.53. The van der Waals surface area contributed by atoms with Crippen molar-refractivity contribution in [3.63, 3.8) is 0 Å². The third-order valence-electron chi connectivity index (χ3n) is 4.48. The quantitative estimate of drug-likeness (QED) is 0.802. The number of hydrogen-bond donors (Lipinski definition) is 0. The zero-order chi connectivity index (χ0) is 13.9. The summed E-state index contributed by atoms with van der Waals surface area (Å²) < 4.78 is 0. The van der Waals surface area contributed by atoms with Gasteiger partial charge in [-0.05, 0) is 41.7 Å². The van der Waals surface area contributed by atoms with Crippen molar-refractivity contribution in [2.24, 2.45) is 5.92 Å². The maximum atomic E-state index is 12.6. The van der Waals surface area contributed by atoms with Crippen LogP contribution in [0.2, 0.25) is 0 Å². The summed E-state index contributed by atoms with van der Waals surface area (Å²) in [6.45, 7) is 4.06. The van der Waals surface area contributed by atoms with Crippen molar-refractivity contribution in [1.82, 2.24) is 4.90 Å². The largest absolute Gasteiger partial charge is 0.339 e. The van der Waals surface area contributed by atoms with Gasteiger partial charge in [0.15, 0.2) is 0 Å². The molecular formula is C18H21NO. The van der Waals surface area contributed by atoms with Crippen LogP contribution in [0.5, 0.6) is 0 Å². The van der Waals surface area contributed by atoms with Gasteiger partial charge in [-0.1, -0.05) is 43.7 Å². The predicted molar refractivity (Wildman–Crippen MR) is 82.9 cm³/mol. The van der Waals surface area contributed by atoms with Gasteiger partial charge in [-0.3, -0.25) is 4.79 Å². The van der Waals surface area contributed by atoms with Crippen LogP contribution in [0, 0.1) is 5.92 Å². The lowest BCUT2D eigenvalue weighted by Gasteiger charge is -2.31. The molecule has 1 aliphatic rings. The number of hydrogen-bond acceptors (Lipinski definition) is 1. The molecule has 3 rings (SSSR count).